The Bertz CT molecular complexity index is 810. The van der Waals surface area contributed by atoms with Crippen molar-refractivity contribution in [1.82, 2.24) is 9.88 Å². The Hall–Kier alpha value is -1.92. The molecule has 1 atom stereocenters. The second-order valence-corrected chi connectivity index (χ2v) is 7.40. The number of aliphatic hydroxyl groups is 1. The molecule has 0 aliphatic rings. The highest BCUT2D eigenvalue weighted by molar-refractivity contribution is 7.15. The highest BCUT2D eigenvalue weighted by Crippen LogP contribution is 2.21. The van der Waals surface area contributed by atoms with Gasteiger partial charge in [0.1, 0.15) is 0 Å². The van der Waals surface area contributed by atoms with Crippen molar-refractivity contribution in [3.8, 4) is 0 Å². The molecule has 1 aromatic heterocycles. The van der Waals surface area contributed by atoms with Gasteiger partial charge in [-0.1, -0.05) is 60.2 Å². The zero-order chi connectivity index (χ0) is 17.6. The first-order chi connectivity index (χ1) is 12.1. The molecule has 0 bridgehead atoms. The summed E-state index contributed by atoms with van der Waals surface area (Å²) in [5.74, 6) is 0. The van der Waals surface area contributed by atoms with E-state index >= 15 is 0 Å². The monoisotopic (exact) mass is 389 g/mol. The van der Waals surface area contributed by atoms with Gasteiger partial charge in [-0.25, -0.2) is 4.98 Å². The number of aryl methyl sites for hydroxylation is 1. The minimum atomic E-state index is -0.533. The number of nitrogens with two attached hydrogens (primary N) is 1. The Labute approximate surface area is 164 Å². The van der Waals surface area contributed by atoms with Crippen LogP contribution in [0, 0.1) is 6.92 Å². The van der Waals surface area contributed by atoms with Crippen molar-refractivity contribution in [2.45, 2.75) is 26.1 Å². The van der Waals surface area contributed by atoms with Gasteiger partial charge in [0.15, 0.2) is 5.13 Å². The lowest BCUT2D eigenvalue weighted by Gasteiger charge is -2.25. The fraction of sp³-hybridized carbons (Fsp3) is 0.250. The van der Waals surface area contributed by atoms with Gasteiger partial charge in [0.05, 0.1) is 6.10 Å². The average Bonchev–Trinajstić information content (AvgIpc) is 3.00. The van der Waals surface area contributed by atoms with Crippen LogP contribution in [0.25, 0.3) is 0 Å². The van der Waals surface area contributed by atoms with Gasteiger partial charge >= 0.3 is 0 Å². The Morgan fingerprint density at radius 2 is 1.88 bits per heavy atom. The van der Waals surface area contributed by atoms with E-state index in [0.717, 1.165) is 22.5 Å². The number of thiazole rings is 1. The van der Waals surface area contributed by atoms with E-state index in [9.17, 15) is 5.11 Å². The molecule has 1 heterocycles. The lowest BCUT2D eigenvalue weighted by molar-refractivity contribution is 0.105. The van der Waals surface area contributed by atoms with Crippen LogP contribution in [0.3, 0.4) is 0 Å². The van der Waals surface area contributed by atoms with Gasteiger partial charge in [-0.2, -0.15) is 0 Å². The molecule has 6 heteroatoms. The summed E-state index contributed by atoms with van der Waals surface area (Å²) in [4.78, 5) is 7.47. The summed E-state index contributed by atoms with van der Waals surface area (Å²) in [7, 11) is 0. The minimum Gasteiger partial charge on any atom is -0.387 e. The van der Waals surface area contributed by atoms with Gasteiger partial charge in [0, 0.05) is 30.7 Å². The summed E-state index contributed by atoms with van der Waals surface area (Å²) in [6, 6.07) is 18.3. The van der Waals surface area contributed by atoms with E-state index in [1.807, 2.05) is 55.6 Å². The fourth-order valence-electron chi connectivity index (χ4n) is 2.87. The normalized spacial score (nSPS) is 12.0. The topological polar surface area (TPSA) is 62.4 Å². The standard InChI is InChI=1S/C20H23N3OS.ClH/c1-15-6-5-9-17(10-15)19(24)14-23(12-16-7-3-2-4-8-16)13-18-11-22-20(21)25-18;/h2-11,19,24H,12-14H2,1H3,(H2,21,22);1H. The van der Waals surface area contributed by atoms with E-state index in [2.05, 4.69) is 22.0 Å². The fourth-order valence-corrected chi connectivity index (χ4v) is 3.60. The molecule has 138 valence electrons. The van der Waals surface area contributed by atoms with Gasteiger partial charge in [-0.15, -0.1) is 23.7 Å². The van der Waals surface area contributed by atoms with Crippen molar-refractivity contribution in [3.05, 3.63) is 82.4 Å². The highest BCUT2D eigenvalue weighted by atomic mass is 35.5. The van der Waals surface area contributed by atoms with Crippen LogP contribution in [0.5, 0.6) is 0 Å². The first-order valence-electron chi connectivity index (χ1n) is 8.31. The molecule has 1 unspecified atom stereocenters. The third-order valence-corrected chi connectivity index (χ3v) is 4.87. The minimum absolute atomic E-state index is 0. The number of nitrogens with zero attached hydrogens (tertiary/aromatic N) is 2. The quantitative estimate of drug-likeness (QED) is 0.636. The second-order valence-electron chi connectivity index (χ2n) is 6.25. The molecule has 2 aromatic carbocycles. The molecule has 4 nitrogen and oxygen atoms in total. The van der Waals surface area contributed by atoms with Gasteiger partial charge in [-0.05, 0) is 18.1 Å². The smallest absolute Gasteiger partial charge is 0.180 e. The molecule has 0 amide bonds. The second kappa shape index (κ2) is 9.69. The van der Waals surface area contributed by atoms with Crippen LogP contribution in [0.4, 0.5) is 5.13 Å². The van der Waals surface area contributed by atoms with E-state index < -0.39 is 6.10 Å². The van der Waals surface area contributed by atoms with Crippen LogP contribution in [0.1, 0.15) is 27.7 Å². The van der Waals surface area contributed by atoms with Crippen molar-refractivity contribution in [2.75, 3.05) is 12.3 Å². The third-order valence-electron chi connectivity index (χ3n) is 4.06. The molecule has 0 spiro atoms. The largest absolute Gasteiger partial charge is 0.387 e. The zero-order valence-corrected chi connectivity index (χ0v) is 16.3. The molecule has 0 saturated carbocycles. The first-order valence-corrected chi connectivity index (χ1v) is 9.13. The molecule has 0 radical (unpaired) electrons. The predicted octanol–water partition coefficient (Wildman–Crippen LogP) is 4.19. The van der Waals surface area contributed by atoms with Gasteiger partial charge < -0.3 is 10.8 Å². The molecule has 0 aliphatic carbocycles. The van der Waals surface area contributed by atoms with Crippen molar-refractivity contribution in [3.63, 3.8) is 0 Å². The number of aliphatic hydroxyl groups excluding tert-OH is 1. The lowest BCUT2D eigenvalue weighted by atomic mass is 10.1. The third kappa shape index (κ3) is 5.81. The van der Waals surface area contributed by atoms with Crippen LogP contribution in [-0.4, -0.2) is 21.5 Å². The van der Waals surface area contributed by atoms with Gasteiger partial charge in [0.25, 0.3) is 0 Å². The molecular weight excluding hydrogens is 366 g/mol. The van der Waals surface area contributed by atoms with Crippen molar-refractivity contribution >= 4 is 28.9 Å². The van der Waals surface area contributed by atoms with Crippen molar-refractivity contribution < 1.29 is 5.11 Å². The van der Waals surface area contributed by atoms with Crippen LogP contribution < -0.4 is 5.73 Å². The predicted molar refractivity (Wildman–Crippen MR) is 110 cm³/mol. The van der Waals surface area contributed by atoms with Gasteiger partial charge in [-0.3, -0.25) is 4.90 Å². The van der Waals surface area contributed by atoms with Crippen LogP contribution >= 0.6 is 23.7 Å². The van der Waals surface area contributed by atoms with E-state index in [1.165, 1.54) is 16.9 Å². The molecule has 3 N–H and O–H groups in total. The highest BCUT2D eigenvalue weighted by Gasteiger charge is 2.16. The summed E-state index contributed by atoms with van der Waals surface area (Å²) in [5.41, 5.74) is 9.07. The van der Waals surface area contributed by atoms with E-state index in [0.29, 0.717) is 18.2 Å². The zero-order valence-electron chi connectivity index (χ0n) is 14.7. The van der Waals surface area contributed by atoms with Crippen LogP contribution in [0.15, 0.2) is 60.8 Å². The summed E-state index contributed by atoms with van der Waals surface area (Å²) < 4.78 is 0. The maximum absolute atomic E-state index is 10.7. The van der Waals surface area contributed by atoms with Crippen LogP contribution in [-0.2, 0) is 13.1 Å². The van der Waals surface area contributed by atoms with Crippen LogP contribution in [0.2, 0.25) is 0 Å². The first kappa shape index (κ1) is 20.4. The lowest BCUT2D eigenvalue weighted by Crippen LogP contribution is -2.27. The number of rotatable bonds is 7. The van der Waals surface area contributed by atoms with E-state index in [1.54, 1.807) is 0 Å². The van der Waals surface area contributed by atoms with Gasteiger partial charge in [0.2, 0.25) is 0 Å². The Morgan fingerprint density at radius 1 is 1.12 bits per heavy atom. The van der Waals surface area contributed by atoms with Crippen molar-refractivity contribution in [2.24, 2.45) is 0 Å². The summed E-state index contributed by atoms with van der Waals surface area (Å²) in [6.45, 7) is 4.07. The number of hydrogen-bond donors (Lipinski definition) is 2. The average molecular weight is 390 g/mol. The Balaban J connectivity index is 0.00000243. The Morgan fingerprint density at radius 3 is 2.54 bits per heavy atom. The summed E-state index contributed by atoms with van der Waals surface area (Å²) >= 11 is 1.50. The number of benzene rings is 2. The number of halogens is 1. The summed E-state index contributed by atoms with van der Waals surface area (Å²) in [6.07, 6.45) is 1.28. The maximum atomic E-state index is 10.7. The van der Waals surface area contributed by atoms with Crippen molar-refractivity contribution in [1.29, 1.82) is 0 Å². The number of hydrogen-bond acceptors (Lipinski definition) is 5. The summed E-state index contributed by atoms with van der Waals surface area (Å²) in [5, 5.41) is 11.3. The molecule has 0 aliphatic heterocycles. The SMILES string of the molecule is Cc1cccc(C(O)CN(Cc2ccccc2)Cc2cnc(N)s2)c1.Cl. The number of aromatic nitrogens is 1. The van der Waals surface area contributed by atoms with E-state index in [-0.39, 0.29) is 12.4 Å². The number of anilines is 1. The molecule has 3 aromatic rings. The maximum Gasteiger partial charge on any atom is 0.180 e. The Kier molecular flexibility index (Phi) is 7.60. The molecule has 0 saturated heterocycles. The van der Waals surface area contributed by atoms with E-state index in [4.69, 9.17) is 5.73 Å². The molecular formula is C20H24ClN3OS. The molecule has 3 rings (SSSR count). The number of nitrogen functional groups attached to an aromatic ring is 1. The molecule has 0 fully saturated rings. The molecule has 26 heavy (non-hydrogen) atoms.